The van der Waals surface area contributed by atoms with E-state index in [4.69, 9.17) is 5.73 Å². The number of fused-ring (bicyclic) bond motifs is 2. The number of halogens is 1. The average Bonchev–Trinajstić information content (AvgIpc) is 3.02. The summed E-state index contributed by atoms with van der Waals surface area (Å²) in [6, 6.07) is 4.70. The predicted molar refractivity (Wildman–Crippen MR) is 76.8 cm³/mol. The Labute approximate surface area is 118 Å². The third kappa shape index (κ3) is 2.77. The van der Waals surface area contributed by atoms with E-state index in [9.17, 15) is 9.18 Å². The van der Waals surface area contributed by atoms with E-state index in [1.54, 1.807) is 0 Å². The normalized spacial score (nSPS) is 25.1. The number of benzene rings is 1. The minimum atomic E-state index is -0.395. The van der Waals surface area contributed by atoms with E-state index < -0.39 is 5.82 Å². The molecule has 3 N–H and O–H groups in total. The number of nitrogens with one attached hydrogen (secondary N) is 1. The molecule has 2 atom stereocenters. The van der Waals surface area contributed by atoms with Gasteiger partial charge in [-0.05, 0) is 43.4 Å². The molecule has 5 heteroatoms. The maximum atomic E-state index is 12.9. The molecule has 0 aromatic heterocycles. The monoisotopic (exact) mass is 277 g/mol. The quantitative estimate of drug-likeness (QED) is 0.830. The highest BCUT2D eigenvalue weighted by atomic mass is 19.1. The first kappa shape index (κ1) is 13.4. The lowest BCUT2D eigenvalue weighted by Gasteiger charge is -2.26. The molecule has 1 aliphatic heterocycles. The number of carbonyl (C=O) groups excluding carboxylic acids is 1. The van der Waals surface area contributed by atoms with E-state index >= 15 is 0 Å². The Morgan fingerprint density at radius 3 is 2.95 bits per heavy atom. The molecular formula is C15H20FN3O. The molecule has 108 valence electrons. The zero-order valence-corrected chi connectivity index (χ0v) is 11.4. The fraction of sp³-hybridized carbons (Fsp3) is 0.533. The fourth-order valence-corrected chi connectivity index (χ4v) is 3.41. The van der Waals surface area contributed by atoms with E-state index in [0.717, 1.165) is 19.0 Å². The van der Waals surface area contributed by atoms with Crippen LogP contribution in [0.25, 0.3) is 0 Å². The summed E-state index contributed by atoms with van der Waals surface area (Å²) in [7, 11) is 0. The van der Waals surface area contributed by atoms with Crippen LogP contribution >= 0.6 is 0 Å². The summed E-state index contributed by atoms with van der Waals surface area (Å²) < 4.78 is 12.9. The molecule has 2 aliphatic rings. The maximum absolute atomic E-state index is 12.9. The molecule has 3 rings (SSSR count). The highest BCUT2D eigenvalue weighted by Gasteiger charge is 2.37. The Balaban J connectivity index is 1.50. The van der Waals surface area contributed by atoms with Crippen LogP contribution in [0, 0.1) is 11.7 Å². The lowest BCUT2D eigenvalue weighted by Crippen LogP contribution is -2.34. The van der Waals surface area contributed by atoms with Gasteiger partial charge < -0.3 is 11.1 Å². The molecule has 1 amide bonds. The summed E-state index contributed by atoms with van der Waals surface area (Å²) in [5, 5.41) is 2.75. The number of amides is 1. The van der Waals surface area contributed by atoms with E-state index in [1.165, 1.54) is 37.5 Å². The zero-order chi connectivity index (χ0) is 14.1. The van der Waals surface area contributed by atoms with Gasteiger partial charge in [0.1, 0.15) is 5.82 Å². The van der Waals surface area contributed by atoms with Gasteiger partial charge in [-0.1, -0.05) is 0 Å². The van der Waals surface area contributed by atoms with Gasteiger partial charge in [-0.15, -0.1) is 0 Å². The van der Waals surface area contributed by atoms with Gasteiger partial charge in [0.2, 0.25) is 5.91 Å². The molecule has 2 unspecified atom stereocenters. The first-order valence-electron chi connectivity index (χ1n) is 7.21. The Morgan fingerprint density at radius 1 is 1.45 bits per heavy atom. The van der Waals surface area contributed by atoms with Crippen LogP contribution in [0.1, 0.15) is 25.7 Å². The van der Waals surface area contributed by atoms with E-state index in [1.807, 2.05) is 0 Å². The fourth-order valence-electron chi connectivity index (χ4n) is 3.41. The Kier molecular flexibility index (Phi) is 3.61. The SMILES string of the molecule is Nc1cc(F)ccc1NC(=O)CCN1CC2CCC1C2. The van der Waals surface area contributed by atoms with E-state index in [0.29, 0.717) is 18.2 Å². The number of rotatable bonds is 4. The van der Waals surface area contributed by atoms with Crippen LogP contribution in [0.5, 0.6) is 0 Å². The predicted octanol–water partition coefficient (Wildman–Crippen LogP) is 2.22. The summed E-state index contributed by atoms with van der Waals surface area (Å²) in [6.45, 7) is 1.94. The number of piperidine rings is 1. The molecule has 1 aromatic carbocycles. The second-order valence-corrected chi connectivity index (χ2v) is 5.86. The van der Waals surface area contributed by atoms with Gasteiger partial charge in [0, 0.05) is 25.6 Å². The van der Waals surface area contributed by atoms with Crippen molar-refractivity contribution in [2.24, 2.45) is 5.92 Å². The summed E-state index contributed by atoms with van der Waals surface area (Å²) in [6.07, 6.45) is 4.38. The lowest BCUT2D eigenvalue weighted by atomic mass is 10.1. The molecule has 1 aromatic rings. The van der Waals surface area contributed by atoms with Crippen LogP contribution in [0.4, 0.5) is 15.8 Å². The second kappa shape index (κ2) is 5.40. The van der Waals surface area contributed by atoms with Crippen molar-refractivity contribution in [2.75, 3.05) is 24.1 Å². The number of nitrogens with two attached hydrogens (primary N) is 1. The van der Waals surface area contributed by atoms with Crippen molar-refractivity contribution in [1.29, 1.82) is 0 Å². The molecule has 2 fully saturated rings. The van der Waals surface area contributed by atoms with Crippen molar-refractivity contribution in [3.8, 4) is 0 Å². The van der Waals surface area contributed by atoms with Crippen LogP contribution in [-0.4, -0.2) is 29.9 Å². The third-order valence-corrected chi connectivity index (χ3v) is 4.44. The topological polar surface area (TPSA) is 58.4 Å². The van der Waals surface area contributed by atoms with E-state index in [-0.39, 0.29) is 11.6 Å². The van der Waals surface area contributed by atoms with Crippen LogP contribution in [-0.2, 0) is 4.79 Å². The van der Waals surface area contributed by atoms with Gasteiger partial charge in [0.25, 0.3) is 0 Å². The average molecular weight is 277 g/mol. The van der Waals surface area contributed by atoms with Gasteiger partial charge in [0.15, 0.2) is 0 Å². The molecule has 2 bridgehead atoms. The Hall–Kier alpha value is -1.62. The van der Waals surface area contributed by atoms with Gasteiger partial charge in [-0.2, -0.15) is 0 Å². The number of anilines is 2. The summed E-state index contributed by atoms with van der Waals surface area (Å²) in [5.41, 5.74) is 6.42. The molecule has 1 saturated heterocycles. The second-order valence-electron chi connectivity index (χ2n) is 5.86. The first-order chi connectivity index (χ1) is 9.61. The van der Waals surface area contributed by atoms with Crippen molar-refractivity contribution in [1.82, 2.24) is 4.90 Å². The van der Waals surface area contributed by atoms with Crippen molar-refractivity contribution in [2.45, 2.75) is 31.7 Å². The minimum Gasteiger partial charge on any atom is -0.397 e. The van der Waals surface area contributed by atoms with Gasteiger partial charge in [0.05, 0.1) is 11.4 Å². The van der Waals surface area contributed by atoms with Crippen LogP contribution < -0.4 is 11.1 Å². The molecular weight excluding hydrogens is 257 g/mol. The van der Waals surface area contributed by atoms with Crippen LogP contribution in [0.3, 0.4) is 0 Å². The highest BCUT2D eigenvalue weighted by molar-refractivity contribution is 5.93. The van der Waals surface area contributed by atoms with Crippen LogP contribution in [0.2, 0.25) is 0 Å². The lowest BCUT2D eigenvalue weighted by molar-refractivity contribution is -0.116. The van der Waals surface area contributed by atoms with Crippen LogP contribution in [0.15, 0.2) is 18.2 Å². The summed E-state index contributed by atoms with van der Waals surface area (Å²) in [4.78, 5) is 14.3. The Bertz CT molecular complexity index is 520. The van der Waals surface area contributed by atoms with Crippen molar-refractivity contribution in [3.05, 3.63) is 24.0 Å². The number of nitrogens with zero attached hydrogens (tertiary/aromatic N) is 1. The number of hydrogen-bond acceptors (Lipinski definition) is 3. The van der Waals surface area contributed by atoms with Crippen molar-refractivity contribution >= 4 is 17.3 Å². The van der Waals surface area contributed by atoms with Crippen molar-refractivity contribution in [3.63, 3.8) is 0 Å². The third-order valence-electron chi connectivity index (χ3n) is 4.44. The van der Waals surface area contributed by atoms with Gasteiger partial charge in [-0.25, -0.2) is 4.39 Å². The first-order valence-corrected chi connectivity index (χ1v) is 7.21. The largest absolute Gasteiger partial charge is 0.397 e. The summed E-state index contributed by atoms with van der Waals surface area (Å²) in [5.74, 6) is 0.385. The molecule has 0 radical (unpaired) electrons. The number of nitrogen functional groups attached to an aromatic ring is 1. The molecule has 1 heterocycles. The van der Waals surface area contributed by atoms with E-state index in [2.05, 4.69) is 10.2 Å². The number of likely N-dealkylation sites (tertiary alicyclic amines) is 1. The molecule has 1 aliphatic carbocycles. The Morgan fingerprint density at radius 2 is 2.30 bits per heavy atom. The number of hydrogen-bond donors (Lipinski definition) is 2. The zero-order valence-electron chi connectivity index (χ0n) is 11.4. The molecule has 0 spiro atoms. The highest BCUT2D eigenvalue weighted by Crippen LogP contribution is 2.37. The molecule has 1 saturated carbocycles. The molecule has 4 nitrogen and oxygen atoms in total. The number of carbonyl (C=O) groups is 1. The molecule has 20 heavy (non-hydrogen) atoms. The minimum absolute atomic E-state index is 0.0638. The summed E-state index contributed by atoms with van der Waals surface area (Å²) >= 11 is 0. The smallest absolute Gasteiger partial charge is 0.225 e. The standard InChI is InChI=1S/C15H20FN3O/c16-11-2-4-14(13(17)8-11)18-15(20)5-6-19-9-10-1-3-12(19)7-10/h2,4,8,10,12H,1,3,5-7,9,17H2,(H,18,20). The van der Waals surface area contributed by atoms with Gasteiger partial charge in [-0.3, -0.25) is 9.69 Å². The van der Waals surface area contributed by atoms with Crippen molar-refractivity contribution < 1.29 is 9.18 Å². The maximum Gasteiger partial charge on any atom is 0.225 e. The van der Waals surface area contributed by atoms with Gasteiger partial charge >= 0.3 is 0 Å².